The van der Waals surface area contributed by atoms with Crippen molar-refractivity contribution in [1.29, 1.82) is 0 Å². The zero-order valence-electron chi connectivity index (χ0n) is 12.9. The van der Waals surface area contributed by atoms with Gasteiger partial charge >= 0.3 is 0 Å². The number of halogens is 2. The molecule has 0 saturated carbocycles. The van der Waals surface area contributed by atoms with Crippen LogP contribution in [0.4, 0.5) is 8.78 Å². The number of methoxy groups -OCH3 is 1. The quantitative estimate of drug-likeness (QED) is 0.845. The molecular formula is C17H16F2N2O3. The number of rotatable bonds is 6. The first-order valence-electron chi connectivity index (χ1n) is 7.09. The SMILES string of the molecule is COc1ccccc1C[C@@H](NC(=O)c1ccc(F)c(F)c1)C(N)=O. The van der Waals surface area contributed by atoms with Gasteiger partial charge in [-0.25, -0.2) is 8.78 Å². The van der Waals surface area contributed by atoms with Gasteiger partial charge in [-0.15, -0.1) is 0 Å². The van der Waals surface area contributed by atoms with Crippen LogP contribution in [0.25, 0.3) is 0 Å². The highest BCUT2D eigenvalue weighted by Crippen LogP contribution is 2.19. The van der Waals surface area contributed by atoms with Crippen molar-refractivity contribution in [2.75, 3.05) is 7.11 Å². The van der Waals surface area contributed by atoms with Crippen LogP contribution in [0, 0.1) is 11.6 Å². The zero-order chi connectivity index (χ0) is 17.7. The second kappa shape index (κ2) is 7.54. The summed E-state index contributed by atoms with van der Waals surface area (Å²) in [5.74, 6) is -3.15. The Labute approximate surface area is 137 Å². The van der Waals surface area contributed by atoms with E-state index in [-0.39, 0.29) is 12.0 Å². The van der Waals surface area contributed by atoms with Crippen LogP contribution in [-0.2, 0) is 11.2 Å². The van der Waals surface area contributed by atoms with Crippen LogP contribution < -0.4 is 15.8 Å². The molecule has 126 valence electrons. The average molecular weight is 334 g/mol. The van der Waals surface area contributed by atoms with Crippen LogP contribution in [0.1, 0.15) is 15.9 Å². The lowest BCUT2D eigenvalue weighted by Gasteiger charge is -2.17. The van der Waals surface area contributed by atoms with E-state index >= 15 is 0 Å². The van der Waals surface area contributed by atoms with E-state index in [0.29, 0.717) is 11.3 Å². The van der Waals surface area contributed by atoms with E-state index < -0.39 is 29.5 Å². The third-order valence-corrected chi connectivity index (χ3v) is 3.45. The molecule has 0 aliphatic heterocycles. The summed E-state index contributed by atoms with van der Waals surface area (Å²) in [4.78, 5) is 23.8. The van der Waals surface area contributed by atoms with Crippen LogP contribution in [0.2, 0.25) is 0 Å². The molecule has 0 heterocycles. The first kappa shape index (κ1) is 17.4. The molecule has 0 spiro atoms. The molecular weight excluding hydrogens is 318 g/mol. The summed E-state index contributed by atoms with van der Waals surface area (Å²) in [5.41, 5.74) is 5.89. The van der Waals surface area contributed by atoms with Crippen molar-refractivity contribution in [3.63, 3.8) is 0 Å². The van der Waals surface area contributed by atoms with Crippen molar-refractivity contribution in [2.45, 2.75) is 12.5 Å². The van der Waals surface area contributed by atoms with E-state index in [1.807, 2.05) is 0 Å². The van der Waals surface area contributed by atoms with Crippen LogP contribution in [0.15, 0.2) is 42.5 Å². The molecule has 0 saturated heterocycles. The number of nitrogens with one attached hydrogen (secondary N) is 1. The lowest BCUT2D eigenvalue weighted by Crippen LogP contribution is -2.45. The minimum atomic E-state index is -1.15. The van der Waals surface area contributed by atoms with Gasteiger partial charge in [-0.3, -0.25) is 9.59 Å². The average Bonchev–Trinajstić information content (AvgIpc) is 2.56. The molecule has 1 atom stereocenters. The Kier molecular flexibility index (Phi) is 5.47. The molecule has 7 heteroatoms. The summed E-state index contributed by atoms with van der Waals surface area (Å²) < 4.78 is 31.3. The molecule has 0 aromatic heterocycles. The maximum Gasteiger partial charge on any atom is 0.252 e. The number of carbonyl (C=O) groups is 2. The second-order valence-corrected chi connectivity index (χ2v) is 5.07. The number of primary amides is 1. The highest BCUT2D eigenvalue weighted by molar-refractivity contribution is 5.97. The fourth-order valence-electron chi connectivity index (χ4n) is 2.19. The molecule has 0 aliphatic rings. The number of hydrogen-bond donors (Lipinski definition) is 2. The van der Waals surface area contributed by atoms with Gasteiger partial charge in [-0.1, -0.05) is 18.2 Å². The lowest BCUT2D eigenvalue weighted by molar-refractivity contribution is -0.119. The standard InChI is InChI=1S/C17H16F2N2O3/c1-24-15-5-3-2-4-10(15)9-14(16(20)22)21-17(23)11-6-7-12(18)13(19)8-11/h2-8,14H,9H2,1H3,(H2,20,22)(H,21,23)/t14-/m1/s1. The summed E-state index contributed by atoms with van der Waals surface area (Å²) in [6.07, 6.45) is 0.106. The predicted octanol–water partition coefficient (Wildman–Crippen LogP) is 1.80. The van der Waals surface area contributed by atoms with Gasteiger partial charge in [0.1, 0.15) is 11.8 Å². The van der Waals surface area contributed by atoms with Gasteiger partial charge in [0.2, 0.25) is 5.91 Å². The summed E-state index contributed by atoms with van der Waals surface area (Å²) in [6, 6.07) is 8.66. The number of nitrogens with two attached hydrogens (primary N) is 1. The third-order valence-electron chi connectivity index (χ3n) is 3.45. The van der Waals surface area contributed by atoms with Crippen LogP contribution >= 0.6 is 0 Å². The van der Waals surface area contributed by atoms with Crippen molar-refractivity contribution in [1.82, 2.24) is 5.32 Å². The highest BCUT2D eigenvalue weighted by atomic mass is 19.2. The van der Waals surface area contributed by atoms with Gasteiger partial charge in [0.15, 0.2) is 11.6 Å². The molecule has 2 rings (SSSR count). The van der Waals surface area contributed by atoms with Gasteiger partial charge in [-0.2, -0.15) is 0 Å². The number of ether oxygens (including phenoxy) is 1. The van der Waals surface area contributed by atoms with E-state index in [0.717, 1.165) is 18.2 Å². The minimum Gasteiger partial charge on any atom is -0.496 e. The molecule has 24 heavy (non-hydrogen) atoms. The third kappa shape index (κ3) is 4.07. The lowest BCUT2D eigenvalue weighted by atomic mass is 10.0. The molecule has 0 unspecified atom stereocenters. The maximum absolute atomic E-state index is 13.2. The number of hydrogen-bond acceptors (Lipinski definition) is 3. The van der Waals surface area contributed by atoms with Gasteiger partial charge < -0.3 is 15.8 Å². The monoisotopic (exact) mass is 334 g/mol. The minimum absolute atomic E-state index is 0.106. The van der Waals surface area contributed by atoms with Gasteiger partial charge in [-0.05, 0) is 29.8 Å². The molecule has 2 aromatic carbocycles. The Morgan fingerprint density at radius 1 is 1.17 bits per heavy atom. The topological polar surface area (TPSA) is 81.4 Å². The summed E-state index contributed by atoms with van der Waals surface area (Å²) in [6.45, 7) is 0. The molecule has 2 amide bonds. The molecule has 0 bridgehead atoms. The van der Waals surface area contributed by atoms with E-state index in [1.54, 1.807) is 24.3 Å². The fourth-order valence-corrected chi connectivity index (χ4v) is 2.19. The number of amides is 2. The molecule has 3 N–H and O–H groups in total. The van der Waals surface area contributed by atoms with Gasteiger partial charge in [0, 0.05) is 12.0 Å². The maximum atomic E-state index is 13.2. The zero-order valence-corrected chi connectivity index (χ0v) is 12.9. The predicted molar refractivity (Wildman–Crippen MR) is 83.5 cm³/mol. The van der Waals surface area contributed by atoms with Crippen LogP contribution in [-0.4, -0.2) is 25.0 Å². The van der Waals surface area contributed by atoms with Crippen molar-refractivity contribution >= 4 is 11.8 Å². The number of benzene rings is 2. The van der Waals surface area contributed by atoms with E-state index in [9.17, 15) is 18.4 Å². The first-order valence-corrected chi connectivity index (χ1v) is 7.09. The highest BCUT2D eigenvalue weighted by Gasteiger charge is 2.21. The van der Waals surface area contributed by atoms with E-state index in [1.165, 1.54) is 7.11 Å². The Balaban J connectivity index is 2.17. The van der Waals surface area contributed by atoms with E-state index in [4.69, 9.17) is 10.5 Å². The Morgan fingerprint density at radius 3 is 2.50 bits per heavy atom. The second-order valence-electron chi connectivity index (χ2n) is 5.07. The molecule has 2 aromatic rings. The largest absolute Gasteiger partial charge is 0.496 e. The number of para-hydroxylation sites is 1. The van der Waals surface area contributed by atoms with Gasteiger partial charge in [0.05, 0.1) is 7.11 Å². The van der Waals surface area contributed by atoms with E-state index in [2.05, 4.69) is 5.32 Å². The summed E-state index contributed by atoms with van der Waals surface area (Å²) >= 11 is 0. The summed E-state index contributed by atoms with van der Waals surface area (Å²) in [7, 11) is 1.48. The van der Waals surface area contributed by atoms with Crippen molar-refractivity contribution in [3.05, 3.63) is 65.2 Å². The fraction of sp³-hybridized carbons (Fsp3) is 0.176. The Hall–Kier alpha value is -2.96. The normalized spacial score (nSPS) is 11.6. The Morgan fingerprint density at radius 2 is 1.88 bits per heavy atom. The van der Waals surface area contributed by atoms with Crippen LogP contribution in [0.5, 0.6) is 5.75 Å². The number of carbonyl (C=O) groups excluding carboxylic acids is 2. The smallest absolute Gasteiger partial charge is 0.252 e. The Bertz CT molecular complexity index is 765. The molecule has 0 aliphatic carbocycles. The first-order chi connectivity index (χ1) is 11.4. The summed E-state index contributed by atoms with van der Waals surface area (Å²) in [5, 5.41) is 2.42. The molecule has 0 fully saturated rings. The van der Waals surface area contributed by atoms with Crippen molar-refractivity contribution < 1.29 is 23.1 Å². The molecule has 0 radical (unpaired) electrons. The van der Waals surface area contributed by atoms with Crippen molar-refractivity contribution in [3.8, 4) is 5.75 Å². The van der Waals surface area contributed by atoms with Gasteiger partial charge in [0.25, 0.3) is 5.91 Å². The molecule has 5 nitrogen and oxygen atoms in total. The van der Waals surface area contributed by atoms with Crippen molar-refractivity contribution in [2.24, 2.45) is 5.73 Å². The van der Waals surface area contributed by atoms with Crippen LogP contribution in [0.3, 0.4) is 0 Å².